The molecule has 2 aliphatic carbocycles. The molecule has 0 spiro atoms. The van der Waals surface area contributed by atoms with E-state index in [1.54, 1.807) is 16.7 Å². The molecule has 11 nitrogen and oxygen atoms in total. The van der Waals surface area contributed by atoms with Gasteiger partial charge >= 0.3 is 0 Å². The lowest BCUT2D eigenvalue weighted by Crippen LogP contribution is -2.55. The Balaban J connectivity index is 1.29. The van der Waals surface area contributed by atoms with Crippen molar-refractivity contribution < 1.29 is 13.2 Å². The van der Waals surface area contributed by atoms with Crippen molar-refractivity contribution in [3.05, 3.63) is 28.0 Å². The highest BCUT2D eigenvalue weighted by atomic mass is 35.5. The van der Waals surface area contributed by atoms with Gasteiger partial charge in [0.1, 0.15) is 10.4 Å². The van der Waals surface area contributed by atoms with Crippen molar-refractivity contribution in [2.24, 2.45) is 0 Å². The second-order valence-corrected chi connectivity index (χ2v) is 14.8. The highest BCUT2D eigenvalue weighted by Gasteiger charge is 2.48. The third-order valence-electron chi connectivity index (χ3n) is 8.75. The zero-order valence-electron chi connectivity index (χ0n) is 22.0. The monoisotopic (exact) mass is 600 g/mol. The molecule has 1 atom stereocenters. The molecule has 0 bridgehead atoms. The number of nitrogens with zero attached hydrogens (tertiary/aromatic N) is 6. The van der Waals surface area contributed by atoms with E-state index in [4.69, 9.17) is 11.6 Å². The number of nitriles is 1. The molecule has 4 fully saturated rings. The molecule has 40 heavy (non-hydrogen) atoms. The Hall–Kier alpha value is -2.63. The second kappa shape index (κ2) is 9.19. The van der Waals surface area contributed by atoms with Crippen LogP contribution in [0, 0.1) is 11.3 Å². The lowest BCUT2D eigenvalue weighted by molar-refractivity contribution is -0.136. The van der Waals surface area contributed by atoms with Crippen molar-refractivity contribution in [1.82, 2.24) is 34.5 Å². The summed E-state index contributed by atoms with van der Waals surface area (Å²) in [5, 5.41) is 22.8. The van der Waals surface area contributed by atoms with Crippen LogP contribution < -0.4 is 10.0 Å². The molecule has 2 aliphatic heterocycles. The van der Waals surface area contributed by atoms with Gasteiger partial charge in [-0.05, 0) is 76.0 Å². The van der Waals surface area contributed by atoms with Crippen LogP contribution in [0.15, 0.2) is 17.2 Å². The van der Waals surface area contributed by atoms with Crippen LogP contribution in [-0.2, 0) is 20.2 Å². The van der Waals surface area contributed by atoms with Gasteiger partial charge in [-0.25, -0.2) is 18.1 Å². The first kappa shape index (κ1) is 26.3. The average molecular weight is 601 g/mol. The number of nitrogens with one attached hydrogen (secondary N) is 2. The average Bonchev–Trinajstić information content (AvgIpc) is 3.76. The van der Waals surface area contributed by atoms with Gasteiger partial charge in [-0.3, -0.25) is 9.20 Å². The summed E-state index contributed by atoms with van der Waals surface area (Å²) in [5.41, 5.74) is 0.407. The summed E-state index contributed by atoms with van der Waals surface area (Å²) in [4.78, 5) is 19.4. The van der Waals surface area contributed by atoms with Gasteiger partial charge in [-0.1, -0.05) is 22.9 Å². The van der Waals surface area contributed by atoms with Gasteiger partial charge in [0.15, 0.2) is 16.0 Å². The number of likely N-dealkylation sites (tertiary alicyclic amines) is 1. The Labute approximate surface area is 241 Å². The number of pyridine rings is 1. The number of sulfonamides is 1. The Bertz CT molecular complexity index is 1670. The molecule has 7 rings (SSSR count). The van der Waals surface area contributed by atoms with E-state index >= 15 is 0 Å². The Morgan fingerprint density at radius 2 is 1.95 bits per heavy atom. The summed E-state index contributed by atoms with van der Waals surface area (Å²) >= 11 is 8.05. The molecule has 3 aromatic heterocycles. The van der Waals surface area contributed by atoms with Crippen LogP contribution >= 0.6 is 22.9 Å². The molecule has 2 N–H and O–H groups in total. The predicted molar refractivity (Wildman–Crippen MR) is 149 cm³/mol. The fourth-order valence-electron chi connectivity index (χ4n) is 5.59. The zero-order valence-corrected chi connectivity index (χ0v) is 24.4. The maximum Gasteiger partial charge on any atom is 0.242 e. The molecule has 2 saturated carbocycles. The molecule has 0 unspecified atom stereocenters. The first-order valence-corrected chi connectivity index (χ1v) is 16.3. The van der Waals surface area contributed by atoms with Crippen molar-refractivity contribution in [1.29, 1.82) is 5.26 Å². The molecule has 0 aromatic carbocycles. The van der Waals surface area contributed by atoms with Crippen molar-refractivity contribution in [3.63, 3.8) is 0 Å². The number of fused-ring (bicyclic) bond motifs is 1. The van der Waals surface area contributed by atoms with E-state index in [2.05, 4.69) is 31.3 Å². The van der Waals surface area contributed by atoms with Gasteiger partial charge in [-0.2, -0.15) is 5.26 Å². The van der Waals surface area contributed by atoms with E-state index in [1.807, 2.05) is 11.8 Å². The first-order valence-electron chi connectivity index (χ1n) is 13.6. The Morgan fingerprint density at radius 1 is 1.23 bits per heavy atom. The standard InChI is InChI=1S/C26H29ClN8O3S2/c1-25(5-6-25)33-40(37,38)16-12-17(15-3-10-34(11-4-15)23(36)18-2-9-29-18)19-20(27)30-21(35(19)13-16)22-31-32-24(39-22)26(14-28)7-8-26/h12-13,15,18,29,33H,2-11H2,1H3/t18-/m0/s1. The summed E-state index contributed by atoms with van der Waals surface area (Å²) in [6.07, 6.45) is 6.87. The van der Waals surface area contributed by atoms with E-state index in [0.29, 0.717) is 47.3 Å². The Morgan fingerprint density at radius 3 is 2.55 bits per heavy atom. The molecule has 2 saturated heterocycles. The minimum atomic E-state index is -3.83. The van der Waals surface area contributed by atoms with Crippen LogP contribution in [0.4, 0.5) is 0 Å². The summed E-state index contributed by atoms with van der Waals surface area (Å²) in [5.74, 6) is 0.528. The third-order valence-corrected chi connectivity index (χ3v) is 11.7. The molecule has 4 aliphatic rings. The quantitative estimate of drug-likeness (QED) is 0.421. The number of piperidine rings is 1. The van der Waals surface area contributed by atoms with Crippen LogP contribution in [0.3, 0.4) is 0 Å². The zero-order chi connectivity index (χ0) is 27.9. The van der Waals surface area contributed by atoms with Gasteiger partial charge in [0.25, 0.3) is 0 Å². The van der Waals surface area contributed by atoms with E-state index in [1.165, 1.54) is 11.3 Å². The van der Waals surface area contributed by atoms with Gasteiger partial charge in [0.05, 0.1) is 22.5 Å². The SMILES string of the molecule is CC1(NS(=O)(=O)c2cc(C3CCN(C(=O)[C@@H]4CCN4)CC3)c3c(Cl)nc(-c4nnc(C5(C#N)CC5)s4)n3c2)CC1. The minimum absolute atomic E-state index is 0.00656. The van der Waals surface area contributed by atoms with E-state index < -0.39 is 21.0 Å². The van der Waals surface area contributed by atoms with E-state index in [9.17, 15) is 18.5 Å². The van der Waals surface area contributed by atoms with E-state index in [0.717, 1.165) is 44.2 Å². The van der Waals surface area contributed by atoms with Gasteiger partial charge < -0.3 is 10.2 Å². The molecule has 0 radical (unpaired) electrons. The minimum Gasteiger partial charge on any atom is -0.341 e. The Kier molecular flexibility index (Phi) is 6.04. The number of hydrogen-bond donors (Lipinski definition) is 2. The smallest absolute Gasteiger partial charge is 0.242 e. The maximum atomic E-state index is 13.6. The van der Waals surface area contributed by atoms with Crippen molar-refractivity contribution >= 4 is 44.4 Å². The summed E-state index contributed by atoms with van der Waals surface area (Å²) < 4.78 is 31.7. The van der Waals surface area contributed by atoms with E-state index in [-0.39, 0.29) is 27.9 Å². The fraction of sp³-hybridized carbons (Fsp3) is 0.577. The largest absolute Gasteiger partial charge is 0.341 e. The molecular formula is C26H29ClN8O3S2. The number of rotatable bonds is 7. The lowest BCUT2D eigenvalue weighted by Gasteiger charge is -2.37. The predicted octanol–water partition coefficient (Wildman–Crippen LogP) is 2.96. The number of carbonyl (C=O) groups excluding carboxylic acids is 1. The molecule has 1 amide bonds. The summed E-state index contributed by atoms with van der Waals surface area (Å²) in [6.45, 7) is 3.96. The topological polar surface area (TPSA) is 145 Å². The lowest BCUT2D eigenvalue weighted by atomic mass is 9.88. The van der Waals surface area contributed by atoms with Crippen molar-refractivity contribution in [2.75, 3.05) is 19.6 Å². The summed E-state index contributed by atoms with van der Waals surface area (Å²) in [7, 11) is -3.83. The number of halogens is 1. The first-order chi connectivity index (χ1) is 19.1. The van der Waals surface area contributed by atoms with Crippen LogP contribution in [0.2, 0.25) is 5.15 Å². The highest BCUT2D eigenvalue weighted by Crippen LogP contribution is 2.49. The van der Waals surface area contributed by atoms with Gasteiger partial charge in [0, 0.05) is 24.8 Å². The number of carbonyl (C=O) groups is 1. The second-order valence-electron chi connectivity index (χ2n) is 11.7. The van der Waals surface area contributed by atoms with Crippen molar-refractivity contribution in [3.8, 4) is 16.9 Å². The van der Waals surface area contributed by atoms with Crippen LogP contribution in [0.1, 0.15) is 68.4 Å². The maximum absolute atomic E-state index is 13.6. The normalized spacial score (nSPS) is 23.5. The third kappa shape index (κ3) is 4.41. The fourth-order valence-corrected chi connectivity index (χ4v) is 8.40. The molecule has 210 valence electrons. The molecule has 14 heteroatoms. The van der Waals surface area contributed by atoms with Crippen molar-refractivity contribution in [2.45, 2.75) is 79.7 Å². The van der Waals surface area contributed by atoms with Gasteiger partial charge in [0.2, 0.25) is 15.9 Å². The number of amides is 1. The number of aromatic nitrogens is 4. The number of imidazole rings is 1. The highest BCUT2D eigenvalue weighted by molar-refractivity contribution is 7.89. The number of hydrogen-bond acceptors (Lipinski definition) is 9. The van der Waals surface area contributed by atoms with Crippen LogP contribution in [-0.4, -0.2) is 70.0 Å². The summed E-state index contributed by atoms with van der Waals surface area (Å²) in [6, 6.07) is 3.97. The molecule has 3 aromatic rings. The van der Waals surface area contributed by atoms with Crippen LogP contribution in [0.5, 0.6) is 0 Å². The van der Waals surface area contributed by atoms with Gasteiger partial charge in [-0.15, -0.1) is 10.2 Å². The van der Waals surface area contributed by atoms with Crippen LogP contribution in [0.25, 0.3) is 16.3 Å². The molecular weight excluding hydrogens is 572 g/mol. The molecule has 5 heterocycles.